The van der Waals surface area contributed by atoms with Crippen molar-refractivity contribution < 1.29 is 9.47 Å². The third kappa shape index (κ3) is 2.97. The van der Waals surface area contributed by atoms with Crippen LogP contribution >= 0.6 is 0 Å². The third-order valence-corrected chi connectivity index (χ3v) is 3.85. The van der Waals surface area contributed by atoms with Crippen LogP contribution in [0.5, 0.6) is 11.5 Å². The fourth-order valence-corrected chi connectivity index (χ4v) is 2.73. The monoisotopic (exact) mass is 274 g/mol. The highest BCUT2D eigenvalue weighted by Crippen LogP contribution is 2.32. The molecule has 1 aromatic carbocycles. The van der Waals surface area contributed by atoms with Crippen molar-refractivity contribution in [1.29, 1.82) is 0 Å². The summed E-state index contributed by atoms with van der Waals surface area (Å²) in [6, 6.07) is 6.80. The molecule has 0 bridgehead atoms. The molecule has 0 radical (unpaired) electrons. The second-order valence-corrected chi connectivity index (χ2v) is 5.35. The molecule has 3 N–H and O–H groups in total. The zero-order valence-electron chi connectivity index (χ0n) is 11.7. The van der Waals surface area contributed by atoms with E-state index in [1.807, 2.05) is 6.07 Å². The quantitative estimate of drug-likeness (QED) is 0.826. The Balaban J connectivity index is 1.75. The van der Waals surface area contributed by atoms with Gasteiger partial charge in [-0.25, -0.2) is 0 Å². The minimum Gasteiger partial charge on any atom is -0.490 e. The van der Waals surface area contributed by atoms with Crippen molar-refractivity contribution in [2.75, 3.05) is 19.8 Å². The minimum absolute atomic E-state index is 0.164. The van der Waals surface area contributed by atoms with Crippen molar-refractivity contribution in [2.24, 2.45) is 5.73 Å². The zero-order valence-corrected chi connectivity index (χ0v) is 11.7. The summed E-state index contributed by atoms with van der Waals surface area (Å²) >= 11 is 0. The van der Waals surface area contributed by atoms with Crippen LogP contribution in [-0.2, 0) is 0 Å². The minimum atomic E-state index is 0.164. The average Bonchev–Trinajstić information content (AvgIpc) is 2.87. The summed E-state index contributed by atoms with van der Waals surface area (Å²) in [5.74, 6) is 1.68. The molecular formula is C16H22N2O2. The van der Waals surface area contributed by atoms with Crippen LogP contribution in [0.25, 0.3) is 0 Å². The van der Waals surface area contributed by atoms with E-state index >= 15 is 0 Å². The second kappa shape index (κ2) is 6.29. The summed E-state index contributed by atoms with van der Waals surface area (Å²) in [4.78, 5) is 0. The fourth-order valence-electron chi connectivity index (χ4n) is 2.73. The second-order valence-electron chi connectivity index (χ2n) is 5.35. The van der Waals surface area contributed by atoms with Gasteiger partial charge >= 0.3 is 0 Å². The van der Waals surface area contributed by atoms with E-state index < -0.39 is 0 Å². The Morgan fingerprint density at radius 1 is 1.15 bits per heavy atom. The van der Waals surface area contributed by atoms with Gasteiger partial charge in [0.25, 0.3) is 0 Å². The van der Waals surface area contributed by atoms with Crippen LogP contribution in [0.3, 0.4) is 0 Å². The van der Waals surface area contributed by atoms with Gasteiger partial charge in [0.1, 0.15) is 0 Å². The van der Waals surface area contributed by atoms with Gasteiger partial charge in [-0.2, -0.15) is 0 Å². The Bertz CT molecular complexity index is 479. The van der Waals surface area contributed by atoms with E-state index in [2.05, 4.69) is 29.6 Å². The number of rotatable bonds is 4. The summed E-state index contributed by atoms with van der Waals surface area (Å²) in [6.45, 7) is 2.01. The molecule has 3 rings (SSSR count). The number of ether oxygens (including phenoxy) is 2. The Kier molecular flexibility index (Phi) is 4.23. The molecule has 0 aromatic heterocycles. The van der Waals surface area contributed by atoms with E-state index in [1.54, 1.807) is 0 Å². The molecule has 0 saturated carbocycles. The first-order chi connectivity index (χ1) is 9.86. The molecule has 1 atom stereocenters. The molecule has 1 aliphatic carbocycles. The number of nitrogens with two attached hydrogens (primary N) is 1. The van der Waals surface area contributed by atoms with Crippen molar-refractivity contribution in [3.05, 3.63) is 35.9 Å². The van der Waals surface area contributed by atoms with Crippen molar-refractivity contribution in [2.45, 2.75) is 31.3 Å². The van der Waals surface area contributed by atoms with Crippen molar-refractivity contribution in [3.63, 3.8) is 0 Å². The first kappa shape index (κ1) is 13.5. The fraction of sp³-hybridized carbons (Fsp3) is 0.500. The van der Waals surface area contributed by atoms with Gasteiger partial charge in [0.15, 0.2) is 11.5 Å². The normalized spacial score (nSPS) is 19.9. The van der Waals surface area contributed by atoms with Gasteiger partial charge in [-0.1, -0.05) is 18.2 Å². The van der Waals surface area contributed by atoms with Gasteiger partial charge in [0.2, 0.25) is 0 Å². The Morgan fingerprint density at radius 3 is 2.65 bits per heavy atom. The summed E-state index contributed by atoms with van der Waals surface area (Å²) < 4.78 is 11.4. The predicted molar refractivity (Wildman–Crippen MR) is 79.1 cm³/mol. The predicted octanol–water partition coefficient (Wildman–Crippen LogP) is 2.16. The van der Waals surface area contributed by atoms with Gasteiger partial charge in [0, 0.05) is 25.0 Å². The lowest BCUT2D eigenvalue weighted by molar-refractivity contribution is 0.297. The van der Waals surface area contributed by atoms with Crippen molar-refractivity contribution in [1.82, 2.24) is 5.32 Å². The summed E-state index contributed by atoms with van der Waals surface area (Å²) in [7, 11) is 0. The summed E-state index contributed by atoms with van der Waals surface area (Å²) in [5.41, 5.74) is 7.10. The third-order valence-electron chi connectivity index (χ3n) is 3.85. The Hall–Kier alpha value is -1.52. The maximum Gasteiger partial charge on any atom is 0.161 e. The van der Waals surface area contributed by atoms with Crippen molar-refractivity contribution in [3.8, 4) is 11.5 Å². The molecule has 1 unspecified atom stereocenters. The maximum absolute atomic E-state index is 5.93. The molecule has 1 aromatic rings. The molecule has 4 heteroatoms. The first-order valence-corrected chi connectivity index (χ1v) is 7.37. The Morgan fingerprint density at radius 2 is 1.90 bits per heavy atom. The number of fused-ring (bicyclic) bond motifs is 1. The number of hydrogen-bond acceptors (Lipinski definition) is 4. The summed E-state index contributed by atoms with van der Waals surface area (Å²) in [6.07, 6.45) is 7.54. The molecular weight excluding hydrogens is 252 g/mol. The van der Waals surface area contributed by atoms with E-state index in [1.165, 1.54) is 5.56 Å². The van der Waals surface area contributed by atoms with Gasteiger partial charge < -0.3 is 20.5 Å². The van der Waals surface area contributed by atoms with E-state index in [4.69, 9.17) is 15.2 Å². The molecule has 4 nitrogen and oxygen atoms in total. The molecule has 0 fully saturated rings. The average molecular weight is 274 g/mol. The standard InChI is InChI=1S/C16H22N2O2/c17-11-14(18-13-4-1-2-5-13)12-6-7-15-16(10-12)20-9-3-8-19-15/h1-2,6-7,10,13-14,18H,3-5,8-9,11,17H2. The molecule has 0 spiro atoms. The first-order valence-electron chi connectivity index (χ1n) is 7.37. The molecule has 1 heterocycles. The van der Waals surface area contributed by atoms with Gasteiger partial charge in [0.05, 0.1) is 13.2 Å². The van der Waals surface area contributed by atoms with E-state index in [0.29, 0.717) is 19.2 Å². The van der Waals surface area contributed by atoms with Gasteiger partial charge in [-0.05, 0) is 30.5 Å². The van der Waals surface area contributed by atoms with E-state index in [0.717, 1.165) is 37.4 Å². The molecule has 20 heavy (non-hydrogen) atoms. The number of benzene rings is 1. The molecule has 0 amide bonds. The number of nitrogens with one attached hydrogen (secondary N) is 1. The largest absolute Gasteiger partial charge is 0.490 e. The van der Waals surface area contributed by atoms with Crippen LogP contribution in [-0.4, -0.2) is 25.8 Å². The van der Waals surface area contributed by atoms with Crippen LogP contribution in [0.2, 0.25) is 0 Å². The van der Waals surface area contributed by atoms with E-state index in [9.17, 15) is 0 Å². The zero-order chi connectivity index (χ0) is 13.8. The maximum atomic E-state index is 5.93. The van der Waals surface area contributed by atoms with Gasteiger partial charge in [-0.15, -0.1) is 0 Å². The highest BCUT2D eigenvalue weighted by Gasteiger charge is 2.19. The Labute approximate surface area is 119 Å². The van der Waals surface area contributed by atoms with Crippen LogP contribution in [0.15, 0.2) is 30.4 Å². The lowest BCUT2D eigenvalue weighted by Gasteiger charge is -2.23. The van der Waals surface area contributed by atoms with Crippen LogP contribution < -0.4 is 20.5 Å². The van der Waals surface area contributed by atoms with Crippen LogP contribution in [0, 0.1) is 0 Å². The molecule has 2 aliphatic rings. The SMILES string of the molecule is NCC(NC1CC=CC1)c1ccc2c(c1)OCCCO2. The smallest absolute Gasteiger partial charge is 0.161 e. The van der Waals surface area contributed by atoms with Crippen molar-refractivity contribution >= 4 is 0 Å². The highest BCUT2D eigenvalue weighted by molar-refractivity contribution is 5.44. The number of hydrogen-bond donors (Lipinski definition) is 2. The summed E-state index contributed by atoms with van der Waals surface area (Å²) in [5, 5.41) is 3.62. The van der Waals surface area contributed by atoms with Gasteiger partial charge in [-0.3, -0.25) is 0 Å². The highest BCUT2D eigenvalue weighted by atomic mass is 16.5. The molecule has 0 saturated heterocycles. The lowest BCUT2D eigenvalue weighted by Crippen LogP contribution is -2.35. The van der Waals surface area contributed by atoms with E-state index in [-0.39, 0.29) is 6.04 Å². The van der Waals surface area contributed by atoms with Crippen LogP contribution in [0.1, 0.15) is 30.9 Å². The topological polar surface area (TPSA) is 56.5 Å². The molecule has 1 aliphatic heterocycles. The molecule has 108 valence electrons. The lowest BCUT2D eigenvalue weighted by atomic mass is 10.0. The van der Waals surface area contributed by atoms with Crippen LogP contribution in [0.4, 0.5) is 0 Å².